The second kappa shape index (κ2) is 7.41. The Labute approximate surface area is 175 Å². The first-order valence-corrected chi connectivity index (χ1v) is 11.9. The lowest BCUT2D eigenvalue weighted by atomic mass is 9.71. The van der Waals surface area contributed by atoms with E-state index in [0.717, 1.165) is 11.1 Å². The first kappa shape index (κ1) is 21.8. The van der Waals surface area contributed by atoms with Gasteiger partial charge < -0.3 is 4.74 Å². The SMILES string of the molecule is COC(/C=C/c1ccc(S(C)(=O)=O)cc1)c1ccc2c(c1)C(C)(C)C(C)C2(C)C. The van der Waals surface area contributed by atoms with Crippen LogP contribution in [0.5, 0.6) is 0 Å². The van der Waals surface area contributed by atoms with E-state index >= 15 is 0 Å². The van der Waals surface area contributed by atoms with Gasteiger partial charge >= 0.3 is 0 Å². The van der Waals surface area contributed by atoms with Crippen LogP contribution < -0.4 is 0 Å². The Morgan fingerprint density at radius 3 is 2.10 bits per heavy atom. The Balaban J connectivity index is 1.90. The van der Waals surface area contributed by atoms with Crippen LogP contribution in [0.4, 0.5) is 0 Å². The van der Waals surface area contributed by atoms with Crippen molar-refractivity contribution >= 4 is 15.9 Å². The first-order chi connectivity index (χ1) is 13.4. The van der Waals surface area contributed by atoms with Crippen LogP contribution in [0.3, 0.4) is 0 Å². The van der Waals surface area contributed by atoms with E-state index < -0.39 is 9.84 Å². The van der Waals surface area contributed by atoms with Crippen molar-refractivity contribution in [2.45, 2.75) is 56.4 Å². The first-order valence-electron chi connectivity index (χ1n) is 10.0. The summed E-state index contributed by atoms with van der Waals surface area (Å²) in [6, 6.07) is 13.6. The summed E-state index contributed by atoms with van der Waals surface area (Å²) in [6.45, 7) is 11.7. The smallest absolute Gasteiger partial charge is 0.175 e. The predicted octanol–water partition coefficient (Wildman–Crippen LogP) is 5.70. The van der Waals surface area contributed by atoms with Crippen molar-refractivity contribution in [2.24, 2.45) is 5.92 Å². The zero-order valence-electron chi connectivity index (χ0n) is 18.5. The number of rotatable bonds is 5. The Kier molecular flexibility index (Phi) is 5.57. The molecule has 0 amide bonds. The van der Waals surface area contributed by atoms with Crippen molar-refractivity contribution in [3.63, 3.8) is 0 Å². The Hall–Kier alpha value is -1.91. The molecular formula is C25H32O3S. The Bertz CT molecular complexity index is 1030. The second-order valence-electron chi connectivity index (χ2n) is 9.33. The zero-order valence-corrected chi connectivity index (χ0v) is 19.3. The van der Waals surface area contributed by atoms with Crippen molar-refractivity contribution in [1.82, 2.24) is 0 Å². The van der Waals surface area contributed by atoms with E-state index in [1.807, 2.05) is 24.3 Å². The van der Waals surface area contributed by atoms with Crippen molar-refractivity contribution < 1.29 is 13.2 Å². The highest BCUT2D eigenvalue weighted by atomic mass is 32.2. The van der Waals surface area contributed by atoms with Crippen molar-refractivity contribution in [3.05, 3.63) is 70.8 Å². The highest BCUT2D eigenvalue weighted by Crippen LogP contribution is 2.53. The van der Waals surface area contributed by atoms with Crippen LogP contribution in [0.25, 0.3) is 6.08 Å². The van der Waals surface area contributed by atoms with Gasteiger partial charge in [-0.3, -0.25) is 0 Å². The molecule has 3 rings (SSSR count). The van der Waals surface area contributed by atoms with E-state index in [4.69, 9.17) is 4.74 Å². The van der Waals surface area contributed by atoms with E-state index in [2.05, 4.69) is 52.8 Å². The second-order valence-corrected chi connectivity index (χ2v) is 11.3. The standard InChI is InChI=1S/C25H32O3S/c1-17-24(2,3)21-14-11-19(16-22(21)25(17,4)5)23(28-6)15-10-18-8-12-20(13-9-18)29(7,26)27/h8-17,23H,1-7H3/b15-10+. The third kappa shape index (κ3) is 3.93. The number of hydrogen-bond acceptors (Lipinski definition) is 3. The lowest BCUT2D eigenvalue weighted by Gasteiger charge is -2.32. The van der Waals surface area contributed by atoms with Gasteiger partial charge in [-0.25, -0.2) is 8.42 Å². The van der Waals surface area contributed by atoms with E-state index in [-0.39, 0.29) is 16.9 Å². The van der Waals surface area contributed by atoms with Gasteiger partial charge in [-0.05, 0) is 51.1 Å². The highest BCUT2D eigenvalue weighted by Gasteiger charge is 2.48. The highest BCUT2D eigenvalue weighted by molar-refractivity contribution is 7.90. The van der Waals surface area contributed by atoms with Gasteiger partial charge in [0.2, 0.25) is 0 Å². The topological polar surface area (TPSA) is 43.4 Å². The number of fused-ring (bicyclic) bond motifs is 1. The van der Waals surface area contributed by atoms with Crippen LogP contribution in [-0.2, 0) is 25.4 Å². The molecule has 156 valence electrons. The molecule has 0 aliphatic heterocycles. The summed E-state index contributed by atoms with van der Waals surface area (Å²) in [5.41, 5.74) is 5.16. The summed E-state index contributed by atoms with van der Waals surface area (Å²) < 4.78 is 29.0. The average Bonchev–Trinajstić information content (AvgIpc) is 2.79. The van der Waals surface area contributed by atoms with E-state index in [9.17, 15) is 8.42 Å². The monoisotopic (exact) mass is 412 g/mol. The molecule has 1 aliphatic carbocycles. The van der Waals surface area contributed by atoms with Crippen molar-refractivity contribution in [2.75, 3.05) is 13.4 Å². The van der Waals surface area contributed by atoms with E-state index in [0.29, 0.717) is 10.8 Å². The summed E-state index contributed by atoms with van der Waals surface area (Å²) in [5.74, 6) is 0.546. The lowest BCUT2D eigenvalue weighted by molar-refractivity contribution is 0.143. The summed E-state index contributed by atoms with van der Waals surface area (Å²) in [6.07, 6.45) is 5.06. The van der Waals surface area contributed by atoms with Gasteiger partial charge in [-0.2, -0.15) is 0 Å². The Morgan fingerprint density at radius 1 is 0.966 bits per heavy atom. The molecule has 4 heteroatoms. The minimum Gasteiger partial charge on any atom is -0.373 e. The van der Waals surface area contributed by atoms with Crippen molar-refractivity contribution in [3.8, 4) is 0 Å². The van der Waals surface area contributed by atoms with Gasteiger partial charge in [0.15, 0.2) is 9.84 Å². The van der Waals surface area contributed by atoms with E-state index in [1.54, 1.807) is 19.2 Å². The molecule has 2 aromatic carbocycles. The fourth-order valence-corrected chi connectivity index (χ4v) is 5.18. The molecule has 0 fully saturated rings. The van der Waals surface area contributed by atoms with Gasteiger partial charge in [0.25, 0.3) is 0 Å². The van der Waals surface area contributed by atoms with Gasteiger partial charge in [-0.1, -0.05) is 77.1 Å². The molecule has 0 aromatic heterocycles. The molecular weight excluding hydrogens is 380 g/mol. The molecule has 0 spiro atoms. The van der Waals surface area contributed by atoms with Gasteiger partial charge in [0.05, 0.1) is 4.90 Å². The molecule has 0 bridgehead atoms. The van der Waals surface area contributed by atoms with Crippen LogP contribution in [-0.4, -0.2) is 21.8 Å². The molecule has 29 heavy (non-hydrogen) atoms. The molecule has 0 saturated carbocycles. The van der Waals surface area contributed by atoms with Gasteiger partial charge in [-0.15, -0.1) is 0 Å². The molecule has 1 aliphatic rings. The maximum Gasteiger partial charge on any atom is 0.175 e. The van der Waals surface area contributed by atoms with E-state index in [1.165, 1.54) is 17.4 Å². The van der Waals surface area contributed by atoms with Crippen LogP contribution in [0.1, 0.15) is 63.0 Å². The lowest BCUT2D eigenvalue weighted by Crippen LogP contribution is -2.30. The van der Waals surface area contributed by atoms with Crippen LogP contribution in [0, 0.1) is 5.92 Å². The Morgan fingerprint density at radius 2 is 1.55 bits per heavy atom. The van der Waals surface area contributed by atoms with Crippen LogP contribution in [0.2, 0.25) is 0 Å². The number of hydrogen-bond donors (Lipinski definition) is 0. The number of benzene rings is 2. The van der Waals surface area contributed by atoms with Gasteiger partial charge in [0.1, 0.15) is 6.10 Å². The summed E-state index contributed by atoms with van der Waals surface area (Å²) >= 11 is 0. The minimum atomic E-state index is -3.18. The normalized spacial score (nSPS) is 21.3. The number of sulfone groups is 1. The summed E-state index contributed by atoms with van der Waals surface area (Å²) in [5, 5.41) is 0. The molecule has 0 saturated heterocycles. The van der Waals surface area contributed by atoms with Crippen LogP contribution >= 0.6 is 0 Å². The van der Waals surface area contributed by atoms with Crippen LogP contribution in [0.15, 0.2) is 53.4 Å². The molecule has 3 nitrogen and oxygen atoms in total. The number of methoxy groups -OCH3 is 1. The third-order valence-corrected chi connectivity index (χ3v) is 8.08. The number of ether oxygens (including phenoxy) is 1. The largest absolute Gasteiger partial charge is 0.373 e. The van der Waals surface area contributed by atoms with Crippen molar-refractivity contribution in [1.29, 1.82) is 0 Å². The fraction of sp³-hybridized carbons (Fsp3) is 0.440. The predicted molar refractivity (Wildman–Crippen MR) is 120 cm³/mol. The zero-order chi connectivity index (χ0) is 21.6. The molecule has 2 aromatic rings. The summed E-state index contributed by atoms with van der Waals surface area (Å²) in [7, 11) is -1.46. The molecule has 0 radical (unpaired) electrons. The maximum absolute atomic E-state index is 11.6. The quantitative estimate of drug-likeness (QED) is 0.633. The molecule has 2 atom stereocenters. The third-order valence-electron chi connectivity index (χ3n) is 6.95. The minimum absolute atomic E-state index is 0.109. The van der Waals surface area contributed by atoms with Gasteiger partial charge in [0, 0.05) is 13.4 Å². The fourth-order valence-electron chi connectivity index (χ4n) is 4.55. The molecule has 0 heterocycles. The molecule has 2 unspecified atom stereocenters. The molecule has 0 N–H and O–H groups in total. The summed E-state index contributed by atoms with van der Waals surface area (Å²) in [4.78, 5) is 0.329. The average molecular weight is 413 g/mol. The maximum atomic E-state index is 11.6.